The van der Waals surface area contributed by atoms with Crippen LogP contribution >= 0.6 is 0 Å². The lowest BCUT2D eigenvalue weighted by Gasteiger charge is -2.26. The number of carbonyl (C=O) groups is 2. The molecule has 23 heavy (non-hydrogen) atoms. The first kappa shape index (κ1) is 16.9. The van der Waals surface area contributed by atoms with E-state index < -0.39 is 30.3 Å². The minimum atomic E-state index is -1.40. The third-order valence-electron chi connectivity index (χ3n) is 3.31. The zero-order valence-corrected chi connectivity index (χ0v) is 12.0. The van der Waals surface area contributed by atoms with Gasteiger partial charge < -0.3 is 25.2 Å². The van der Waals surface area contributed by atoms with Crippen molar-refractivity contribution in [3.8, 4) is 5.75 Å². The molecule has 0 spiro atoms. The molecule has 122 valence electrons. The SMILES string of the molecule is O=C(C=Cc1ccc(O)cc1)OC(=O)C1=CC(O)C(O)C(O)C1. The van der Waals surface area contributed by atoms with E-state index in [1.807, 2.05) is 0 Å². The smallest absolute Gasteiger partial charge is 0.341 e. The first-order chi connectivity index (χ1) is 10.9. The van der Waals surface area contributed by atoms with Crippen molar-refractivity contribution in [2.45, 2.75) is 24.7 Å². The van der Waals surface area contributed by atoms with Crippen LogP contribution in [0.2, 0.25) is 0 Å². The second kappa shape index (κ2) is 7.19. The number of rotatable bonds is 3. The summed E-state index contributed by atoms with van der Waals surface area (Å²) in [6.45, 7) is 0. The maximum absolute atomic E-state index is 11.8. The van der Waals surface area contributed by atoms with Crippen molar-refractivity contribution < 1.29 is 34.8 Å². The van der Waals surface area contributed by atoms with Crippen LogP contribution in [0, 0.1) is 0 Å². The van der Waals surface area contributed by atoms with E-state index in [9.17, 15) is 24.9 Å². The Labute approximate surface area is 131 Å². The monoisotopic (exact) mass is 320 g/mol. The normalized spacial score (nSPS) is 24.3. The fourth-order valence-electron chi connectivity index (χ4n) is 2.04. The quantitative estimate of drug-likeness (QED) is 0.348. The van der Waals surface area contributed by atoms with E-state index in [4.69, 9.17) is 5.11 Å². The summed E-state index contributed by atoms with van der Waals surface area (Å²) in [5, 5.41) is 37.5. The number of aliphatic hydroxyl groups is 3. The lowest BCUT2D eigenvalue weighted by atomic mass is 9.92. The van der Waals surface area contributed by atoms with Crippen LogP contribution in [0.3, 0.4) is 0 Å². The predicted molar refractivity (Wildman–Crippen MR) is 79.0 cm³/mol. The zero-order chi connectivity index (χ0) is 17.0. The maximum Gasteiger partial charge on any atom is 0.341 e. The van der Waals surface area contributed by atoms with E-state index in [-0.39, 0.29) is 17.7 Å². The van der Waals surface area contributed by atoms with Gasteiger partial charge >= 0.3 is 11.9 Å². The molecule has 3 unspecified atom stereocenters. The summed E-state index contributed by atoms with van der Waals surface area (Å²) in [6.07, 6.45) is -0.809. The Morgan fingerprint density at radius 2 is 1.78 bits per heavy atom. The van der Waals surface area contributed by atoms with E-state index in [1.165, 1.54) is 18.2 Å². The molecule has 1 aliphatic carbocycles. The molecular formula is C16H16O7. The molecule has 3 atom stereocenters. The third-order valence-corrected chi connectivity index (χ3v) is 3.31. The number of aromatic hydroxyl groups is 1. The first-order valence-electron chi connectivity index (χ1n) is 6.85. The summed E-state index contributed by atoms with van der Waals surface area (Å²) < 4.78 is 4.58. The molecule has 0 aliphatic heterocycles. The number of phenols is 1. The van der Waals surface area contributed by atoms with Crippen LogP contribution in [0.1, 0.15) is 12.0 Å². The number of hydrogen-bond donors (Lipinski definition) is 4. The standard InChI is InChI=1S/C16H16O7/c17-11-4-1-9(2-5-11)3-6-14(20)23-16(22)10-7-12(18)15(21)13(19)8-10/h1-7,12-13,15,17-19,21H,8H2. The fraction of sp³-hybridized carbons (Fsp3) is 0.250. The van der Waals surface area contributed by atoms with Crippen LogP contribution in [0.5, 0.6) is 5.75 Å². The maximum atomic E-state index is 11.8. The van der Waals surface area contributed by atoms with Gasteiger partial charge in [-0.1, -0.05) is 12.1 Å². The zero-order valence-electron chi connectivity index (χ0n) is 12.0. The molecule has 0 amide bonds. The Bertz CT molecular complexity index is 645. The van der Waals surface area contributed by atoms with Crippen molar-refractivity contribution in [1.29, 1.82) is 0 Å². The number of phenolic OH excluding ortho intramolecular Hbond substituents is 1. The Balaban J connectivity index is 1.96. The van der Waals surface area contributed by atoms with Crippen molar-refractivity contribution in [2.24, 2.45) is 0 Å². The number of ether oxygens (including phenoxy) is 1. The van der Waals surface area contributed by atoms with E-state index >= 15 is 0 Å². The second-order valence-corrected chi connectivity index (χ2v) is 5.08. The minimum absolute atomic E-state index is 0.0818. The Kier molecular flexibility index (Phi) is 5.28. The Hall–Kier alpha value is -2.48. The van der Waals surface area contributed by atoms with Crippen molar-refractivity contribution in [3.05, 3.63) is 47.6 Å². The summed E-state index contributed by atoms with van der Waals surface area (Å²) >= 11 is 0. The van der Waals surface area contributed by atoms with Gasteiger partial charge in [0.15, 0.2) is 0 Å². The first-order valence-corrected chi connectivity index (χ1v) is 6.85. The van der Waals surface area contributed by atoms with Crippen LogP contribution in [0.4, 0.5) is 0 Å². The molecular weight excluding hydrogens is 304 g/mol. The van der Waals surface area contributed by atoms with Gasteiger partial charge in [0.05, 0.1) is 6.10 Å². The van der Waals surface area contributed by atoms with Crippen LogP contribution in [-0.4, -0.2) is 50.7 Å². The molecule has 4 N–H and O–H groups in total. The molecule has 7 heteroatoms. The van der Waals surface area contributed by atoms with Crippen molar-refractivity contribution in [2.75, 3.05) is 0 Å². The lowest BCUT2D eigenvalue weighted by Crippen LogP contribution is -2.41. The van der Waals surface area contributed by atoms with Gasteiger partial charge in [-0.05, 0) is 29.8 Å². The van der Waals surface area contributed by atoms with Gasteiger partial charge in [-0.15, -0.1) is 0 Å². The largest absolute Gasteiger partial charge is 0.508 e. The molecule has 2 rings (SSSR count). The third kappa shape index (κ3) is 4.49. The molecule has 0 saturated heterocycles. The summed E-state index contributed by atoms with van der Waals surface area (Å²) in [5.74, 6) is -1.82. The lowest BCUT2D eigenvalue weighted by molar-refractivity contribution is -0.154. The summed E-state index contributed by atoms with van der Waals surface area (Å²) in [6, 6.07) is 6.02. The van der Waals surface area contributed by atoms with E-state index in [0.717, 1.165) is 12.2 Å². The van der Waals surface area contributed by atoms with Crippen molar-refractivity contribution >= 4 is 18.0 Å². The Morgan fingerprint density at radius 3 is 2.39 bits per heavy atom. The molecule has 1 aromatic carbocycles. The molecule has 0 bridgehead atoms. The highest BCUT2D eigenvalue weighted by Gasteiger charge is 2.32. The molecule has 7 nitrogen and oxygen atoms in total. The summed E-state index contributed by atoms with van der Waals surface area (Å²) in [7, 11) is 0. The predicted octanol–water partition coefficient (Wildman–Crippen LogP) is -0.112. The minimum Gasteiger partial charge on any atom is -0.508 e. The highest BCUT2D eigenvalue weighted by Crippen LogP contribution is 2.20. The molecule has 0 heterocycles. The van der Waals surface area contributed by atoms with Crippen LogP contribution in [0.25, 0.3) is 6.08 Å². The van der Waals surface area contributed by atoms with Gasteiger partial charge in [0.2, 0.25) is 0 Å². The molecule has 0 radical (unpaired) electrons. The number of carbonyl (C=O) groups excluding carboxylic acids is 2. The van der Waals surface area contributed by atoms with Gasteiger partial charge in [0.1, 0.15) is 18.0 Å². The topological polar surface area (TPSA) is 124 Å². The van der Waals surface area contributed by atoms with Gasteiger partial charge in [0.25, 0.3) is 0 Å². The van der Waals surface area contributed by atoms with Crippen molar-refractivity contribution in [1.82, 2.24) is 0 Å². The highest BCUT2D eigenvalue weighted by atomic mass is 16.6. The van der Waals surface area contributed by atoms with E-state index in [2.05, 4.69) is 4.74 Å². The van der Waals surface area contributed by atoms with Crippen molar-refractivity contribution in [3.63, 3.8) is 0 Å². The summed E-state index contributed by atoms with van der Waals surface area (Å²) in [4.78, 5) is 23.4. The average Bonchev–Trinajstić information content (AvgIpc) is 2.51. The number of hydrogen-bond acceptors (Lipinski definition) is 7. The average molecular weight is 320 g/mol. The molecule has 0 fully saturated rings. The molecule has 1 aromatic rings. The van der Waals surface area contributed by atoms with E-state index in [1.54, 1.807) is 12.1 Å². The van der Waals surface area contributed by atoms with Gasteiger partial charge in [-0.25, -0.2) is 9.59 Å². The Morgan fingerprint density at radius 1 is 1.13 bits per heavy atom. The van der Waals surface area contributed by atoms with Gasteiger partial charge in [-0.3, -0.25) is 0 Å². The van der Waals surface area contributed by atoms with E-state index in [0.29, 0.717) is 5.56 Å². The number of aliphatic hydroxyl groups excluding tert-OH is 3. The van der Waals surface area contributed by atoms with Crippen LogP contribution in [-0.2, 0) is 14.3 Å². The molecule has 0 saturated carbocycles. The number of esters is 2. The van der Waals surface area contributed by atoms with Crippen LogP contribution in [0.15, 0.2) is 42.0 Å². The fourth-order valence-corrected chi connectivity index (χ4v) is 2.04. The molecule has 1 aliphatic rings. The summed E-state index contributed by atoms with van der Waals surface area (Å²) in [5.41, 5.74) is 0.541. The van der Waals surface area contributed by atoms with Gasteiger partial charge in [0, 0.05) is 18.1 Å². The second-order valence-electron chi connectivity index (χ2n) is 5.08. The molecule has 0 aromatic heterocycles. The number of benzene rings is 1. The van der Waals surface area contributed by atoms with Crippen LogP contribution < -0.4 is 0 Å². The van der Waals surface area contributed by atoms with Gasteiger partial charge in [-0.2, -0.15) is 0 Å². The highest BCUT2D eigenvalue weighted by molar-refractivity contribution is 6.01.